The number of hydrogen-bond donors (Lipinski definition) is 7. The van der Waals surface area contributed by atoms with Crippen molar-refractivity contribution in [1.29, 1.82) is 0 Å². The van der Waals surface area contributed by atoms with Gasteiger partial charge >= 0.3 is 0 Å². The molecule has 4 saturated carbocycles. The first-order valence-electron chi connectivity index (χ1n) is 32.2. The number of aliphatic hydroxyl groups excluding tert-OH is 7. The number of rotatable bonds is 27. The van der Waals surface area contributed by atoms with E-state index in [1.807, 2.05) is 104 Å². The molecule has 5 fully saturated rings. The molecule has 0 bridgehead atoms. The highest BCUT2D eigenvalue weighted by atomic mass is 16.5. The highest BCUT2D eigenvalue weighted by Crippen LogP contribution is 2.55. The largest absolute Gasteiger partial charge is 0.394 e. The lowest BCUT2D eigenvalue weighted by molar-refractivity contribution is -0.276. The fourth-order valence-corrected chi connectivity index (χ4v) is 7.41. The summed E-state index contributed by atoms with van der Waals surface area (Å²) in [6, 6.07) is 0. The summed E-state index contributed by atoms with van der Waals surface area (Å²) in [4.78, 5) is 0. The van der Waals surface area contributed by atoms with Crippen LogP contribution in [0.4, 0.5) is 0 Å². The van der Waals surface area contributed by atoms with Gasteiger partial charge in [-0.1, -0.05) is 34.1 Å². The minimum Gasteiger partial charge on any atom is -0.394 e. The third-order valence-electron chi connectivity index (χ3n) is 12.5. The molecule has 18 heteroatoms. The van der Waals surface area contributed by atoms with Crippen LogP contribution in [0.3, 0.4) is 0 Å². The Bertz CT molecular complexity index is 1250. The maximum atomic E-state index is 9.91. The smallest absolute Gasteiger partial charge is 0.100 e. The van der Waals surface area contributed by atoms with Crippen LogP contribution in [0.25, 0.3) is 0 Å². The molecule has 0 aromatic rings. The molecular weight excluding hydrogens is 1080 g/mol. The average Bonchev–Trinajstić information content (AvgIpc) is 2.95. The van der Waals surface area contributed by atoms with E-state index < -0.39 is 12.2 Å². The van der Waals surface area contributed by atoms with Gasteiger partial charge < -0.3 is 87.9 Å². The Morgan fingerprint density at radius 1 is 0.452 bits per heavy atom. The van der Waals surface area contributed by atoms with Gasteiger partial charge in [0.05, 0.1) is 145 Å². The van der Waals surface area contributed by atoms with Gasteiger partial charge in [0, 0.05) is 43.7 Å². The monoisotopic (exact) mass is 1220 g/mol. The van der Waals surface area contributed by atoms with Crippen LogP contribution >= 0.6 is 0 Å². The first-order chi connectivity index (χ1) is 38.9. The lowest BCUT2D eigenvalue weighted by atomic mass is 9.51. The van der Waals surface area contributed by atoms with E-state index in [0.717, 1.165) is 64.3 Å². The fraction of sp³-hybridized carbons (Fsp3) is 1.00. The zero-order valence-corrected chi connectivity index (χ0v) is 59.0. The van der Waals surface area contributed by atoms with E-state index >= 15 is 0 Å². The van der Waals surface area contributed by atoms with Crippen molar-refractivity contribution >= 4 is 0 Å². The van der Waals surface area contributed by atoms with E-state index in [2.05, 4.69) is 69.2 Å². The van der Waals surface area contributed by atoms with Crippen molar-refractivity contribution in [3.63, 3.8) is 0 Å². The Kier molecular flexibility index (Phi) is 61.6. The summed E-state index contributed by atoms with van der Waals surface area (Å²) in [5.74, 6) is 2.48. The minimum atomic E-state index is -0.729. The molecule has 1 aliphatic heterocycles. The van der Waals surface area contributed by atoms with Crippen molar-refractivity contribution in [2.75, 3.05) is 86.4 Å². The molecule has 1 heterocycles. The standard InChI is InChI=1S/C11H22O2.C8H16O.2C7H14O2.C7H14O.2C6H14O3.C5H12O2.C5H12O.C4H10O/c1-7(2)13-9-10(3,4)8(12)11(9,5)6;1-7(2)9-6-8-4-3-5-8;1-6(2)9-5-7-3-8-4-7;1-5(2)9-7-3-6(8)4-7;1-6(2)8-5-7-3-4-7;2*1-5(2)9-4-6(8)3-7;1-5(2)7-4-3-6;1-4-6-5(2)3;1-4(2)5-3/h7-9,12H,1-6H3;7-8H,3-6H2,1-2H3;6-7H,3-5H2,1-2H3;5-8H,3-4H2,1-2H3;6-7H,3-5H2,1-2H3;2*5-8H,3-4H2,1-2H3;5-6H,3-4H2,1-2H3;5H,4H2,1-3H3;4H,1-3H3/t;;;;;2*6-;;;/m.....10.../s1. The molecule has 4 aliphatic carbocycles. The molecule has 0 aromatic carbocycles. The first kappa shape index (κ1) is 92.0. The SMILES string of the molecule is CC(C)OC1C(C)(C)C(O)C1(C)C.CC(C)OC1CC(O)C1.CC(C)OCC1CC1.CC(C)OCC1CCC1.CC(C)OCC1COC1.CC(C)OCCO.CC(C)OC[C@@H](O)CO.CC(C)OC[C@H](O)CO.CCOC(C)C.COC(C)C. The number of aliphatic hydroxyl groups is 7. The quantitative estimate of drug-likeness (QED) is 0.0404. The minimum absolute atomic E-state index is 0.0891. The summed E-state index contributed by atoms with van der Waals surface area (Å²) in [7, 11) is 1.70. The summed E-state index contributed by atoms with van der Waals surface area (Å²) in [6.07, 6.45) is 10.4. The number of hydrogen-bond acceptors (Lipinski definition) is 18. The van der Waals surface area contributed by atoms with Gasteiger partial charge in [-0.3, -0.25) is 0 Å². The lowest BCUT2D eigenvalue weighted by Crippen LogP contribution is -2.68. The van der Waals surface area contributed by atoms with Crippen molar-refractivity contribution < 1.29 is 87.9 Å². The number of methoxy groups -OCH3 is 1. The third-order valence-corrected chi connectivity index (χ3v) is 12.5. The third kappa shape index (κ3) is 61.5. The van der Waals surface area contributed by atoms with E-state index in [0.29, 0.717) is 55.3 Å². The second-order valence-corrected chi connectivity index (χ2v) is 26.2. The van der Waals surface area contributed by atoms with Crippen LogP contribution in [-0.4, -0.2) is 220 Å². The molecule has 0 aromatic heterocycles. The van der Waals surface area contributed by atoms with Gasteiger partial charge in [-0.2, -0.15) is 0 Å². The summed E-state index contributed by atoms with van der Waals surface area (Å²) in [6.45, 7) is 56.4. The van der Waals surface area contributed by atoms with Crippen LogP contribution in [-0.2, 0) is 52.1 Å². The Morgan fingerprint density at radius 2 is 0.798 bits per heavy atom. The van der Waals surface area contributed by atoms with Crippen molar-refractivity contribution in [3.05, 3.63) is 0 Å². The molecule has 7 N–H and O–H groups in total. The van der Waals surface area contributed by atoms with E-state index in [-0.39, 0.29) is 86.6 Å². The molecule has 0 unspecified atom stereocenters. The summed E-state index contributed by atoms with van der Waals surface area (Å²) >= 11 is 0. The van der Waals surface area contributed by atoms with E-state index in [1.54, 1.807) is 7.11 Å². The molecular formula is C66H142O18. The zero-order chi connectivity index (χ0) is 66.2. The Morgan fingerprint density at radius 3 is 1.00 bits per heavy atom. The van der Waals surface area contributed by atoms with Crippen LogP contribution in [0.15, 0.2) is 0 Å². The summed E-state index contributed by atoms with van der Waals surface area (Å²) in [5.41, 5.74) is -0.207. The van der Waals surface area contributed by atoms with Crippen LogP contribution in [0.2, 0.25) is 0 Å². The average molecular weight is 1220 g/mol. The van der Waals surface area contributed by atoms with E-state index in [1.165, 1.54) is 32.1 Å². The Hall–Kier alpha value is -0.720. The molecule has 5 rings (SSSR count). The highest BCUT2D eigenvalue weighted by Gasteiger charge is 2.62. The topological polar surface area (TPSA) is 243 Å². The molecule has 2 atom stereocenters. The molecule has 514 valence electrons. The maximum Gasteiger partial charge on any atom is 0.100 e. The molecule has 18 nitrogen and oxygen atoms in total. The Balaban J connectivity index is -0.000000278. The van der Waals surface area contributed by atoms with Gasteiger partial charge in [-0.15, -0.1) is 0 Å². The first-order valence-corrected chi connectivity index (χ1v) is 32.2. The second kappa shape index (κ2) is 56.3. The normalized spacial score (nSPS) is 20.8. The van der Waals surface area contributed by atoms with Gasteiger partial charge in [-0.25, -0.2) is 0 Å². The summed E-state index contributed by atoms with van der Waals surface area (Å²) in [5, 5.41) is 61.0. The van der Waals surface area contributed by atoms with Crippen molar-refractivity contribution in [3.8, 4) is 0 Å². The Labute approximate surface area is 516 Å². The maximum absolute atomic E-state index is 9.91. The van der Waals surface area contributed by atoms with Crippen molar-refractivity contribution in [1.82, 2.24) is 0 Å². The number of ether oxygens (including phenoxy) is 11. The van der Waals surface area contributed by atoms with E-state index in [9.17, 15) is 5.11 Å². The second-order valence-electron chi connectivity index (χ2n) is 26.2. The lowest BCUT2D eigenvalue weighted by Gasteiger charge is -2.61. The van der Waals surface area contributed by atoms with Gasteiger partial charge in [0.25, 0.3) is 0 Å². The fourth-order valence-electron chi connectivity index (χ4n) is 7.41. The molecule has 84 heavy (non-hydrogen) atoms. The molecule has 0 spiro atoms. The van der Waals surface area contributed by atoms with Crippen molar-refractivity contribution in [2.45, 2.75) is 316 Å². The predicted octanol–water partition coefficient (Wildman–Crippen LogP) is 10.6. The van der Waals surface area contributed by atoms with Crippen LogP contribution < -0.4 is 0 Å². The molecule has 0 radical (unpaired) electrons. The van der Waals surface area contributed by atoms with E-state index in [4.69, 9.17) is 82.7 Å². The summed E-state index contributed by atoms with van der Waals surface area (Å²) < 4.78 is 57.1. The van der Waals surface area contributed by atoms with Gasteiger partial charge in [0.2, 0.25) is 0 Å². The zero-order valence-electron chi connectivity index (χ0n) is 59.0. The van der Waals surface area contributed by atoms with Crippen molar-refractivity contribution in [2.24, 2.45) is 28.6 Å². The molecule has 1 saturated heterocycles. The van der Waals surface area contributed by atoms with Crippen LogP contribution in [0.1, 0.15) is 218 Å². The molecule has 5 aliphatic rings. The van der Waals surface area contributed by atoms with Gasteiger partial charge in [0.15, 0.2) is 0 Å². The van der Waals surface area contributed by atoms with Crippen LogP contribution in [0, 0.1) is 28.6 Å². The van der Waals surface area contributed by atoms with Gasteiger partial charge in [0.1, 0.15) is 12.2 Å². The van der Waals surface area contributed by atoms with Crippen LogP contribution in [0.5, 0.6) is 0 Å². The van der Waals surface area contributed by atoms with Gasteiger partial charge in [-0.05, 0) is 196 Å². The predicted molar refractivity (Wildman–Crippen MR) is 342 cm³/mol. The molecule has 0 amide bonds. The highest BCUT2D eigenvalue weighted by molar-refractivity contribution is 5.11.